The number of amides is 1. The van der Waals surface area contributed by atoms with Crippen molar-refractivity contribution in [2.45, 2.75) is 31.6 Å². The van der Waals surface area contributed by atoms with Crippen LogP contribution < -0.4 is 5.32 Å². The van der Waals surface area contributed by atoms with Crippen LogP contribution in [0.25, 0.3) is 11.4 Å². The van der Waals surface area contributed by atoms with Crippen LogP contribution in [0.2, 0.25) is 0 Å². The summed E-state index contributed by atoms with van der Waals surface area (Å²) in [6.07, 6.45) is 3.47. The maximum Gasteiger partial charge on any atom is 0.230 e. The molecule has 0 spiro atoms. The van der Waals surface area contributed by atoms with E-state index in [-0.39, 0.29) is 29.4 Å². The normalized spacial score (nSPS) is 12.0. The first-order chi connectivity index (χ1) is 16.5. The average molecular weight is 476 g/mol. The molecular weight excluding hydrogens is 449 g/mol. The van der Waals surface area contributed by atoms with Crippen molar-refractivity contribution in [1.29, 1.82) is 0 Å². The van der Waals surface area contributed by atoms with Gasteiger partial charge in [-0.3, -0.25) is 14.3 Å². The standard InChI is InChI=1S/C26H26FN5OS/c1-18(2)24(20-10-12-22(27)13-11-20)29-23(33)17-34-26-31-30-25(21-9-6-14-28-15-21)32(26)16-19-7-4-3-5-8-19/h3-15,18,24H,16-17H2,1-2H3,(H,29,33). The van der Waals surface area contributed by atoms with Crippen LogP contribution in [0.5, 0.6) is 0 Å². The second-order valence-corrected chi connectivity index (χ2v) is 9.19. The Labute approximate surface area is 202 Å². The highest BCUT2D eigenvalue weighted by Gasteiger charge is 2.20. The van der Waals surface area contributed by atoms with Gasteiger partial charge in [0, 0.05) is 18.0 Å². The van der Waals surface area contributed by atoms with Crippen LogP contribution in [0, 0.1) is 11.7 Å². The number of carbonyl (C=O) groups excluding carboxylic acids is 1. The van der Waals surface area contributed by atoms with Gasteiger partial charge in [-0.1, -0.05) is 68.1 Å². The smallest absolute Gasteiger partial charge is 0.230 e. The van der Waals surface area contributed by atoms with Gasteiger partial charge >= 0.3 is 0 Å². The first-order valence-electron chi connectivity index (χ1n) is 11.1. The highest BCUT2D eigenvalue weighted by atomic mass is 32.2. The molecular formula is C26H26FN5OS. The van der Waals surface area contributed by atoms with E-state index < -0.39 is 0 Å². The lowest BCUT2D eigenvalue weighted by Gasteiger charge is -2.23. The van der Waals surface area contributed by atoms with Crippen molar-refractivity contribution in [3.05, 3.63) is 96.1 Å². The molecule has 0 bridgehead atoms. The number of carbonyl (C=O) groups is 1. The van der Waals surface area contributed by atoms with Gasteiger partial charge in [0.15, 0.2) is 11.0 Å². The fourth-order valence-electron chi connectivity index (χ4n) is 3.66. The van der Waals surface area contributed by atoms with Crippen molar-refractivity contribution in [3.8, 4) is 11.4 Å². The molecule has 0 saturated heterocycles. The summed E-state index contributed by atoms with van der Waals surface area (Å²) in [6.45, 7) is 4.63. The molecule has 1 amide bonds. The Morgan fingerprint density at radius 3 is 2.47 bits per heavy atom. The third kappa shape index (κ3) is 5.88. The zero-order valence-corrected chi connectivity index (χ0v) is 19.9. The van der Waals surface area contributed by atoms with E-state index in [4.69, 9.17) is 0 Å². The van der Waals surface area contributed by atoms with Crippen molar-refractivity contribution in [2.24, 2.45) is 5.92 Å². The number of halogens is 1. The summed E-state index contributed by atoms with van der Waals surface area (Å²) in [6, 6.07) is 19.9. The van der Waals surface area contributed by atoms with Crippen molar-refractivity contribution >= 4 is 17.7 Å². The number of benzene rings is 2. The first kappa shape index (κ1) is 23.6. The summed E-state index contributed by atoms with van der Waals surface area (Å²) in [7, 11) is 0. The van der Waals surface area contributed by atoms with Crippen molar-refractivity contribution in [3.63, 3.8) is 0 Å². The van der Waals surface area contributed by atoms with Gasteiger partial charge in [0.05, 0.1) is 18.3 Å². The molecule has 1 N–H and O–H groups in total. The molecule has 2 heterocycles. The number of pyridine rings is 1. The number of nitrogens with zero attached hydrogens (tertiary/aromatic N) is 4. The van der Waals surface area contributed by atoms with Gasteiger partial charge < -0.3 is 5.32 Å². The van der Waals surface area contributed by atoms with Gasteiger partial charge in [-0.2, -0.15) is 0 Å². The zero-order valence-electron chi connectivity index (χ0n) is 19.1. The Hall–Kier alpha value is -3.52. The molecule has 0 radical (unpaired) electrons. The van der Waals surface area contributed by atoms with Gasteiger partial charge in [0.25, 0.3) is 0 Å². The van der Waals surface area contributed by atoms with Crippen molar-refractivity contribution in [2.75, 3.05) is 5.75 Å². The summed E-state index contributed by atoms with van der Waals surface area (Å²) in [4.78, 5) is 17.0. The molecule has 0 aliphatic carbocycles. The van der Waals surface area contributed by atoms with Crippen molar-refractivity contribution in [1.82, 2.24) is 25.1 Å². The molecule has 0 aliphatic rings. The Balaban J connectivity index is 1.51. The zero-order chi connectivity index (χ0) is 23.9. The third-order valence-corrected chi connectivity index (χ3v) is 6.33. The van der Waals surface area contributed by atoms with Gasteiger partial charge in [0.2, 0.25) is 5.91 Å². The molecule has 174 valence electrons. The maximum atomic E-state index is 13.3. The Kier molecular flexibility index (Phi) is 7.69. The average Bonchev–Trinajstić information content (AvgIpc) is 3.25. The number of nitrogens with one attached hydrogen (secondary N) is 1. The largest absolute Gasteiger partial charge is 0.348 e. The molecule has 0 fully saturated rings. The predicted octanol–water partition coefficient (Wildman–Crippen LogP) is 5.13. The SMILES string of the molecule is CC(C)C(NC(=O)CSc1nnc(-c2cccnc2)n1Cc1ccccc1)c1ccc(F)cc1. The number of hydrogen-bond donors (Lipinski definition) is 1. The molecule has 1 atom stereocenters. The Morgan fingerprint density at radius 2 is 1.79 bits per heavy atom. The topological polar surface area (TPSA) is 72.7 Å². The van der Waals surface area contributed by atoms with Gasteiger partial charge in [-0.05, 0) is 41.3 Å². The fourth-order valence-corrected chi connectivity index (χ4v) is 4.41. The Bertz CT molecular complexity index is 1210. The van der Waals surface area contributed by atoms with Crippen LogP contribution >= 0.6 is 11.8 Å². The lowest BCUT2D eigenvalue weighted by atomic mass is 9.96. The monoisotopic (exact) mass is 475 g/mol. The summed E-state index contributed by atoms with van der Waals surface area (Å²) >= 11 is 1.34. The van der Waals surface area contributed by atoms with Crippen LogP contribution in [0.1, 0.15) is 31.0 Å². The Morgan fingerprint density at radius 1 is 1.03 bits per heavy atom. The highest BCUT2D eigenvalue weighted by Crippen LogP contribution is 2.26. The van der Waals surface area contributed by atoms with Crippen molar-refractivity contribution < 1.29 is 9.18 Å². The molecule has 34 heavy (non-hydrogen) atoms. The van der Waals surface area contributed by atoms with Gasteiger partial charge in [0.1, 0.15) is 5.82 Å². The van der Waals surface area contributed by atoms with Crippen LogP contribution in [0.15, 0.2) is 84.3 Å². The molecule has 6 nitrogen and oxygen atoms in total. The van der Waals surface area contributed by atoms with E-state index >= 15 is 0 Å². The van der Waals surface area contributed by atoms with Gasteiger partial charge in [-0.25, -0.2) is 4.39 Å². The van der Waals surface area contributed by atoms with Crippen LogP contribution in [0.3, 0.4) is 0 Å². The first-order valence-corrected chi connectivity index (χ1v) is 12.0. The molecule has 4 rings (SSSR count). The summed E-state index contributed by atoms with van der Waals surface area (Å²) in [5, 5.41) is 12.5. The predicted molar refractivity (Wildman–Crippen MR) is 132 cm³/mol. The minimum atomic E-state index is -0.296. The maximum absolute atomic E-state index is 13.3. The second-order valence-electron chi connectivity index (χ2n) is 8.25. The van der Waals surface area contributed by atoms with E-state index in [0.717, 1.165) is 16.7 Å². The number of hydrogen-bond acceptors (Lipinski definition) is 5. The second kappa shape index (κ2) is 11.1. The quantitative estimate of drug-likeness (QED) is 0.340. The van der Waals surface area contributed by atoms with E-state index in [9.17, 15) is 9.18 Å². The number of rotatable bonds is 9. The lowest BCUT2D eigenvalue weighted by Crippen LogP contribution is -2.33. The summed E-state index contributed by atoms with van der Waals surface area (Å²) in [5.74, 6) is 0.620. The number of thioether (sulfide) groups is 1. The van der Waals surface area contributed by atoms with E-state index in [1.165, 1.54) is 23.9 Å². The van der Waals surface area contributed by atoms with Crippen LogP contribution in [-0.2, 0) is 11.3 Å². The van der Waals surface area contributed by atoms with E-state index in [2.05, 4.69) is 20.5 Å². The molecule has 0 aliphatic heterocycles. The summed E-state index contributed by atoms with van der Waals surface area (Å²) < 4.78 is 15.3. The van der Waals surface area contributed by atoms with Crippen LogP contribution in [0.4, 0.5) is 4.39 Å². The molecule has 2 aromatic heterocycles. The van der Waals surface area contributed by atoms with E-state index in [1.807, 2.05) is 60.9 Å². The summed E-state index contributed by atoms with van der Waals surface area (Å²) in [5.41, 5.74) is 2.84. The molecule has 1 unspecified atom stereocenters. The third-order valence-electron chi connectivity index (χ3n) is 5.36. The van der Waals surface area contributed by atoms with Gasteiger partial charge in [-0.15, -0.1) is 10.2 Å². The fraction of sp³-hybridized carbons (Fsp3) is 0.231. The van der Waals surface area contributed by atoms with E-state index in [1.54, 1.807) is 24.5 Å². The highest BCUT2D eigenvalue weighted by molar-refractivity contribution is 7.99. The molecule has 2 aromatic carbocycles. The molecule has 4 aromatic rings. The molecule has 0 saturated carbocycles. The minimum absolute atomic E-state index is 0.120. The van der Waals surface area contributed by atoms with Crippen LogP contribution in [-0.4, -0.2) is 31.4 Å². The van der Waals surface area contributed by atoms with E-state index in [0.29, 0.717) is 17.5 Å². The lowest BCUT2D eigenvalue weighted by molar-refractivity contribution is -0.119. The number of aromatic nitrogens is 4. The molecule has 8 heteroatoms. The minimum Gasteiger partial charge on any atom is -0.348 e.